The lowest BCUT2D eigenvalue weighted by atomic mass is 9.87. The standard InChI is InChI=1S/C25H25N3O4/c1-14-4-6-15(7-5-14)13-28-24(30)18-11-17(18)23(27-28)31-21-19-10-16(12-26)8-9-20(19)32-25(2,3)22(21)29/h4-10,17-18,21-22,29H,11,13H2,1-3H3/t17-,18+,21+,22-/m0/s1. The molecule has 164 valence electrons. The fourth-order valence-corrected chi connectivity index (χ4v) is 4.34. The highest BCUT2D eigenvalue weighted by molar-refractivity contribution is 5.96. The minimum absolute atomic E-state index is 0.00273. The van der Waals surface area contributed by atoms with E-state index in [1.54, 1.807) is 32.0 Å². The zero-order valence-electron chi connectivity index (χ0n) is 18.3. The number of aryl methyl sites for hydroxylation is 1. The Balaban J connectivity index is 1.46. The summed E-state index contributed by atoms with van der Waals surface area (Å²) in [5.41, 5.74) is 2.32. The minimum atomic E-state index is -0.980. The Morgan fingerprint density at radius 1 is 1.25 bits per heavy atom. The number of carbonyl (C=O) groups is 1. The van der Waals surface area contributed by atoms with Gasteiger partial charge in [0.2, 0.25) is 11.8 Å². The number of carbonyl (C=O) groups excluding carboxylic acids is 1. The minimum Gasteiger partial charge on any atom is -0.485 e. The largest absolute Gasteiger partial charge is 0.485 e. The van der Waals surface area contributed by atoms with Gasteiger partial charge in [-0.15, -0.1) is 5.10 Å². The molecule has 1 aliphatic carbocycles. The molecule has 0 aromatic heterocycles. The Morgan fingerprint density at radius 3 is 2.72 bits per heavy atom. The van der Waals surface area contributed by atoms with Crippen LogP contribution in [0.5, 0.6) is 5.75 Å². The van der Waals surface area contributed by atoms with Crippen molar-refractivity contribution in [3.8, 4) is 11.8 Å². The molecule has 2 aromatic carbocycles. The van der Waals surface area contributed by atoms with E-state index in [-0.39, 0.29) is 17.7 Å². The average Bonchev–Trinajstić information content (AvgIpc) is 3.57. The lowest BCUT2D eigenvalue weighted by Gasteiger charge is -2.42. The lowest BCUT2D eigenvalue weighted by molar-refractivity contribution is -0.135. The summed E-state index contributed by atoms with van der Waals surface area (Å²) in [5.74, 6) is 0.820. The average molecular weight is 431 g/mol. The van der Waals surface area contributed by atoms with E-state index in [4.69, 9.17) is 9.47 Å². The van der Waals surface area contributed by atoms with Crippen molar-refractivity contribution in [1.82, 2.24) is 5.01 Å². The lowest BCUT2D eigenvalue weighted by Crippen LogP contribution is -2.50. The highest BCUT2D eigenvalue weighted by Gasteiger charge is 2.55. The fraction of sp³-hybridized carbons (Fsp3) is 0.400. The number of ether oxygens (including phenoxy) is 2. The van der Waals surface area contributed by atoms with Gasteiger partial charge in [-0.05, 0) is 51.0 Å². The molecule has 1 amide bonds. The Kier molecular flexibility index (Phi) is 4.72. The molecule has 0 spiro atoms. The monoisotopic (exact) mass is 431 g/mol. The summed E-state index contributed by atoms with van der Waals surface area (Å²) in [7, 11) is 0. The summed E-state index contributed by atoms with van der Waals surface area (Å²) in [5, 5.41) is 26.4. The molecule has 5 rings (SSSR count). The highest BCUT2D eigenvalue weighted by Crippen LogP contribution is 2.48. The molecule has 7 heteroatoms. The van der Waals surface area contributed by atoms with Crippen molar-refractivity contribution in [3.05, 3.63) is 64.7 Å². The van der Waals surface area contributed by atoms with Gasteiger partial charge in [0.05, 0.1) is 24.1 Å². The van der Waals surface area contributed by atoms with Crippen LogP contribution in [0.25, 0.3) is 0 Å². The Bertz CT molecular complexity index is 1150. The van der Waals surface area contributed by atoms with Gasteiger partial charge in [-0.1, -0.05) is 29.8 Å². The topological polar surface area (TPSA) is 95.2 Å². The second-order valence-corrected chi connectivity index (χ2v) is 9.32. The van der Waals surface area contributed by atoms with E-state index >= 15 is 0 Å². The first-order valence-corrected chi connectivity index (χ1v) is 10.8. The number of hydrogen-bond acceptors (Lipinski definition) is 6. The molecule has 0 radical (unpaired) electrons. The maximum atomic E-state index is 12.8. The van der Waals surface area contributed by atoms with Crippen LogP contribution in [0.2, 0.25) is 0 Å². The third kappa shape index (κ3) is 3.51. The third-order valence-electron chi connectivity index (χ3n) is 6.42. The molecule has 4 atom stereocenters. The van der Waals surface area contributed by atoms with E-state index in [2.05, 4.69) is 11.2 Å². The van der Waals surface area contributed by atoms with Crippen LogP contribution >= 0.6 is 0 Å². The van der Waals surface area contributed by atoms with Crippen molar-refractivity contribution in [1.29, 1.82) is 5.26 Å². The zero-order chi connectivity index (χ0) is 22.6. The van der Waals surface area contributed by atoms with E-state index in [0.717, 1.165) is 11.1 Å². The maximum absolute atomic E-state index is 12.8. The second-order valence-electron chi connectivity index (χ2n) is 9.32. The molecule has 1 N–H and O–H groups in total. The molecular weight excluding hydrogens is 406 g/mol. The van der Waals surface area contributed by atoms with Gasteiger partial charge >= 0.3 is 0 Å². The third-order valence-corrected chi connectivity index (χ3v) is 6.42. The summed E-state index contributed by atoms with van der Waals surface area (Å²) < 4.78 is 12.3. The van der Waals surface area contributed by atoms with Gasteiger partial charge in [-0.2, -0.15) is 5.26 Å². The quantitative estimate of drug-likeness (QED) is 0.803. The van der Waals surface area contributed by atoms with Gasteiger partial charge < -0.3 is 14.6 Å². The normalized spacial score (nSPS) is 27.4. The first-order chi connectivity index (χ1) is 15.3. The molecule has 2 aromatic rings. The molecule has 0 bridgehead atoms. The molecule has 0 unspecified atom stereocenters. The second kappa shape index (κ2) is 7.35. The van der Waals surface area contributed by atoms with Crippen LogP contribution in [0.1, 0.15) is 48.6 Å². The molecule has 2 heterocycles. The Labute approximate surface area is 186 Å². The van der Waals surface area contributed by atoms with Gasteiger partial charge in [0.15, 0.2) is 6.10 Å². The van der Waals surface area contributed by atoms with Gasteiger partial charge in [0, 0.05) is 11.5 Å². The fourth-order valence-electron chi connectivity index (χ4n) is 4.34. The van der Waals surface area contributed by atoms with Crippen molar-refractivity contribution < 1.29 is 19.4 Å². The molecule has 3 aliphatic rings. The summed E-state index contributed by atoms with van der Waals surface area (Å²) in [4.78, 5) is 12.8. The van der Waals surface area contributed by atoms with Crippen LogP contribution in [0, 0.1) is 30.1 Å². The smallest absolute Gasteiger partial charge is 0.247 e. The van der Waals surface area contributed by atoms with Crippen molar-refractivity contribution >= 4 is 11.8 Å². The van der Waals surface area contributed by atoms with Crippen LogP contribution < -0.4 is 4.74 Å². The number of aliphatic hydroxyl groups is 1. The maximum Gasteiger partial charge on any atom is 0.247 e. The van der Waals surface area contributed by atoms with E-state index in [9.17, 15) is 15.2 Å². The zero-order valence-corrected chi connectivity index (χ0v) is 18.3. The number of nitriles is 1. The van der Waals surface area contributed by atoms with Crippen molar-refractivity contribution in [3.63, 3.8) is 0 Å². The van der Waals surface area contributed by atoms with Crippen molar-refractivity contribution in [2.75, 3.05) is 0 Å². The van der Waals surface area contributed by atoms with Crippen molar-refractivity contribution in [2.24, 2.45) is 16.9 Å². The van der Waals surface area contributed by atoms with Gasteiger partial charge in [-0.3, -0.25) is 4.79 Å². The predicted molar refractivity (Wildman–Crippen MR) is 116 cm³/mol. The van der Waals surface area contributed by atoms with Crippen LogP contribution in [0.3, 0.4) is 0 Å². The summed E-state index contributed by atoms with van der Waals surface area (Å²) in [6, 6.07) is 15.2. The summed E-state index contributed by atoms with van der Waals surface area (Å²) in [6.45, 7) is 5.98. The SMILES string of the molecule is Cc1ccc(CN2N=C(O[C@@H]3c4cc(C#N)ccc4OC(C)(C)[C@H]3O)[C@H]3C[C@H]3C2=O)cc1. The molecule has 2 aliphatic heterocycles. The number of benzene rings is 2. The number of amides is 1. The van der Waals surface area contributed by atoms with Crippen LogP contribution in [-0.2, 0) is 16.1 Å². The first kappa shape index (κ1) is 20.5. The van der Waals surface area contributed by atoms with Crippen LogP contribution in [0.15, 0.2) is 47.6 Å². The molecule has 0 saturated heterocycles. The van der Waals surface area contributed by atoms with Gasteiger partial charge in [-0.25, -0.2) is 5.01 Å². The van der Waals surface area contributed by atoms with Crippen molar-refractivity contribution in [2.45, 2.75) is 51.5 Å². The summed E-state index contributed by atoms with van der Waals surface area (Å²) >= 11 is 0. The Morgan fingerprint density at radius 2 is 2.00 bits per heavy atom. The van der Waals surface area contributed by atoms with Crippen LogP contribution in [0.4, 0.5) is 0 Å². The number of nitrogens with zero attached hydrogens (tertiary/aromatic N) is 3. The highest BCUT2D eigenvalue weighted by atomic mass is 16.5. The number of hydrogen-bond donors (Lipinski definition) is 1. The predicted octanol–water partition coefficient (Wildman–Crippen LogP) is 3.45. The van der Waals surface area contributed by atoms with Gasteiger partial charge in [0.25, 0.3) is 0 Å². The Hall–Kier alpha value is -3.37. The van der Waals surface area contributed by atoms with Gasteiger partial charge in [0.1, 0.15) is 17.5 Å². The number of rotatable bonds is 3. The molecule has 32 heavy (non-hydrogen) atoms. The van der Waals surface area contributed by atoms with Crippen LogP contribution in [-0.4, -0.2) is 33.6 Å². The van der Waals surface area contributed by atoms with E-state index in [0.29, 0.717) is 35.7 Å². The number of hydrazone groups is 1. The molecule has 1 saturated carbocycles. The number of fused-ring (bicyclic) bond motifs is 2. The van der Waals surface area contributed by atoms with E-state index in [1.165, 1.54) is 5.01 Å². The molecule has 1 fully saturated rings. The first-order valence-electron chi connectivity index (χ1n) is 10.8. The number of aliphatic hydroxyl groups excluding tert-OH is 1. The molecular formula is C25H25N3O4. The van der Waals surface area contributed by atoms with E-state index < -0.39 is 17.8 Å². The van der Waals surface area contributed by atoms with E-state index in [1.807, 2.05) is 31.2 Å². The molecule has 7 nitrogen and oxygen atoms in total. The summed E-state index contributed by atoms with van der Waals surface area (Å²) in [6.07, 6.45) is -1.04.